The van der Waals surface area contributed by atoms with E-state index in [0.29, 0.717) is 6.61 Å². The van der Waals surface area contributed by atoms with Crippen molar-refractivity contribution in [2.45, 2.75) is 32.2 Å². The quantitative estimate of drug-likeness (QED) is 0.0471. The van der Waals surface area contributed by atoms with Gasteiger partial charge in [0.2, 0.25) is 5.78 Å². The number of piperazine rings is 1. The lowest BCUT2D eigenvalue weighted by Crippen LogP contribution is -2.49. The Kier molecular flexibility index (Phi) is 13.5. The second-order valence-electron chi connectivity index (χ2n) is 16.2. The number of aromatic nitrogens is 2. The van der Waals surface area contributed by atoms with Crippen LogP contribution in [0.4, 0.5) is 33.7 Å². The van der Waals surface area contributed by atoms with Gasteiger partial charge in [-0.1, -0.05) is 111 Å². The highest BCUT2D eigenvalue weighted by Crippen LogP contribution is 2.45. The van der Waals surface area contributed by atoms with E-state index in [9.17, 15) is 18.0 Å². The van der Waals surface area contributed by atoms with Crippen LogP contribution in [0.3, 0.4) is 0 Å². The summed E-state index contributed by atoms with van der Waals surface area (Å²) in [6, 6.07) is 33.3. The smallest absolute Gasteiger partial charge is 0.409 e. The Labute approximate surface area is 386 Å². The van der Waals surface area contributed by atoms with Gasteiger partial charge in [0.1, 0.15) is 28.6 Å². The van der Waals surface area contributed by atoms with Gasteiger partial charge in [-0.05, 0) is 47.4 Å². The summed E-state index contributed by atoms with van der Waals surface area (Å²) in [7, 11) is -3.04. The zero-order valence-electron chi connectivity index (χ0n) is 37.1. The normalized spacial score (nSPS) is 13.3. The molecule has 0 unspecified atom stereocenters. The van der Waals surface area contributed by atoms with Gasteiger partial charge in [0.25, 0.3) is 0 Å². The van der Waals surface area contributed by atoms with E-state index in [1.807, 2.05) is 97.9 Å². The second kappa shape index (κ2) is 19.4. The molecule has 1 aliphatic rings. The van der Waals surface area contributed by atoms with E-state index in [2.05, 4.69) is 4.72 Å². The standard InChI is InChI=1S/C51H48F4N6O5S/c1-4-6-28-66-50(63)60-26-24-59(25-27-60)45-31-42(53)38(30-43(45)54)34-29-39-40(48(62)46-41(52)22-23-44(47(46)55)57-67(64,65)58(3)5-2)33-61(49(39)56-32-34)51(35-16-10-7-11-17-35,36-18-12-8-13-19-36)37-20-14-9-15-21-37/h7-23,29-33,57H,4-6,24-28H2,1-3H3. The van der Waals surface area contributed by atoms with Crippen LogP contribution in [0.1, 0.15) is 59.3 Å². The molecule has 3 heterocycles. The van der Waals surface area contributed by atoms with Gasteiger partial charge >= 0.3 is 16.3 Å². The third-order valence-electron chi connectivity index (χ3n) is 12.2. The minimum Gasteiger partial charge on any atom is -0.449 e. The number of nitrogens with zero attached hydrogens (tertiary/aromatic N) is 5. The molecular formula is C51H48F4N6O5S. The molecule has 0 aliphatic carbocycles. The highest BCUT2D eigenvalue weighted by atomic mass is 32.2. The fraction of sp³-hybridized carbons (Fsp3) is 0.235. The van der Waals surface area contributed by atoms with E-state index >= 15 is 17.6 Å². The van der Waals surface area contributed by atoms with Gasteiger partial charge in [-0.3, -0.25) is 9.52 Å². The molecule has 7 aromatic rings. The summed E-state index contributed by atoms with van der Waals surface area (Å²) in [5, 5.41) is 0.0380. The van der Waals surface area contributed by atoms with Crippen LogP contribution in [0.2, 0.25) is 0 Å². The number of ketones is 1. The molecule has 0 spiro atoms. The van der Waals surface area contributed by atoms with Crippen molar-refractivity contribution in [1.29, 1.82) is 0 Å². The summed E-state index contributed by atoms with van der Waals surface area (Å²) in [6.45, 7) is 4.82. The number of rotatable bonds is 15. The first kappa shape index (κ1) is 46.5. The molecule has 0 bridgehead atoms. The van der Waals surface area contributed by atoms with Crippen molar-refractivity contribution < 1.29 is 40.3 Å². The SMILES string of the molecule is CCCCOC(=O)N1CCN(c2cc(F)c(-c3cnc4c(c3)c(C(=O)c3c(F)ccc(NS(=O)(=O)N(C)CC)c3F)cn4C(c3ccccc3)(c3ccccc3)c3ccccc3)cc2F)CC1. The number of hydrogen-bond acceptors (Lipinski definition) is 7. The number of pyridine rings is 1. The molecule has 1 N–H and O–H groups in total. The Morgan fingerprint density at radius 3 is 1.94 bits per heavy atom. The number of carbonyl (C=O) groups is 2. The number of nitrogens with one attached hydrogen (secondary N) is 1. The van der Waals surface area contributed by atoms with Crippen LogP contribution in [0.25, 0.3) is 22.2 Å². The summed E-state index contributed by atoms with van der Waals surface area (Å²) in [6.07, 6.45) is 3.94. The van der Waals surface area contributed by atoms with Crippen molar-refractivity contribution in [3.63, 3.8) is 0 Å². The number of carbonyl (C=O) groups excluding carboxylic acids is 2. The monoisotopic (exact) mass is 932 g/mol. The Balaban J connectivity index is 1.31. The first-order valence-electron chi connectivity index (χ1n) is 21.9. The molecule has 11 nitrogen and oxygen atoms in total. The molecule has 67 heavy (non-hydrogen) atoms. The molecule has 5 aromatic carbocycles. The Bertz CT molecular complexity index is 2940. The first-order valence-corrected chi connectivity index (χ1v) is 23.3. The molecule has 8 rings (SSSR count). The number of unbranched alkanes of at least 4 members (excludes halogenated alkanes) is 1. The Morgan fingerprint density at radius 1 is 0.776 bits per heavy atom. The summed E-state index contributed by atoms with van der Waals surface area (Å²) in [5.74, 6) is -5.45. The molecule has 1 saturated heterocycles. The molecule has 1 amide bonds. The van der Waals surface area contributed by atoms with E-state index in [0.717, 1.165) is 58.1 Å². The lowest BCUT2D eigenvalue weighted by atomic mass is 9.76. The van der Waals surface area contributed by atoms with E-state index in [1.165, 1.54) is 30.4 Å². The van der Waals surface area contributed by atoms with Crippen LogP contribution in [0.15, 0.2) is 134 Å². The van der Waals surface area contributed by atoms with E-state index in [-0.39, 0.29) is 66.1 Å². The largest absolute Gasteiger partial charge is 0.449 e. The van der Waals surface area contributed by atoms with Gasteiger partial charge in [0, 0.05) is 74.7 Å². The van der Waals surface area contributed by atoms with E-state index < -0.39 is 62.1 Å². The van der Waals surface area contributed by atoms with E-state index in [4.69, 9.17) is 9.72 Å². The topological polar surface area (TPSA) is 117 Å². The average Bonchev–Trinajstić information content (AvgIpc) is 3.73. The van der Waals surface area contributed by atoms with Gasteiger partial charge in [0.15, 0.2) is 5.82 Å². The summed E-state index contributed by atoms with van der Waals surface area (Å²) < 4.78 is 101. The molecule has 1 fully saturated rings. The lowest BCUT2D eigenvalue weighted by Gasteiger charge is -2.38. The number of ether oxygens (including phenoxy) is 1. The fourth-order valence-corrected chi connectivity index (χ4v) is 9.46. The fourth-order valence-electron chi connectivity index (χ4n) is 8.53. The summed E-state index contributed by atoms with van der Waals surface area (Å²) >= 11 is 0. The first-order chi connectivity index (χ1) is 32.3. The van der Waals surface area contributed by atoms with Crippen molar-refractivity contribution in [3.8, 4) is 11.1 Å². The number of hydrogen-bond donors (Lipinski definition) is 1. The maximum absolute atomic E-state index is 16.6. The van der Waals surface area contributed by atoms with Crippen LogP contribution in [0.5, 0.6) is 0 Å². The van der Waals surface area contributed by atoms with Crippen LogP contribution in [-0.2, 0) is 20.5 Å². The second-order valence-corrected chi connectivity index (χ2v) is 18.0. The molecular weight excluding hydrogens is 885 g/mol. The molecule has 0 saturated carbocycles. The zero-order chi connectivity index (χ0) is 47.5. The predicted octanol–water partition coefficient (Wildman–Crippen LogP) is 10.00. The van der Waals surface area contributed by atoms with Crippen molar-refractivity contribution >= 4 is 44.5 Å². The van der Waals surface area contributed by atoms with E-state index in [1.54, 1.807) is 16.4 Å². The van der Waals surface area contributed by atoms with Crippen LogP contribution in [-0.4, -0.2) is 85.4 Å². The predicted molar refractivity (Wildman–Crippen MR) is 250 cm³/mol. The lowest BCUT2D eigenvalue weighted by molar-refractivity contribution is 0.0987. The number of amides is 1. The highest BCUT2D eigenvalue weighted by Gasteiger charge is 2.41. The van der Waals surface area contributed by atoms with Gasteiger partial charge in [0.05, 0.1) is 29.1 Å². The number of halogens is 4. The van der Waals surface area contributed by atoms with Crippen LogP contribution >= 0.6 is 0 Å². The summed E-state index contributed by atoms with van der Waals surface area (Å²) in [5.41, 5.74) is -1.12. The molecule has 0 radical (unpaired) electrons. The van der Waals surface area contributed by atoms with Crippen molar-refractivity contribution in [2.75, 3.05) is 56.0 Å². The van der Waals surface area contributed by atoms with Crippen LogP contribution in [0, 0.1) is 23.3 Å². The molecule has 346 valence electrons. The molecule has 1 aliphatic heterocycles. The van der Waals surface area contributed by atoms with Crippen molar-refractivity contribution in [3.05, 3.63) is 185 Å². The minimum absolute atomic E-state index is 0.0127. The molecule has 2 aromatic heterocycles. The number of fused-ring (bicyclic) bond motifs is 1. The van der Waals surface area contributed by atoms with Crippen molar-refractivity contribution in [2.24, 2.45) is 0 Å². The van der Waals surface area contributed by atoms with Gasteiger partial charge in [-0.15, -0.1) is 0 Å². The zero-order valence-corrected chi connectivity index (χ0v) is 37.9. The Hall–Kier alpha value is -7.04. The summed E-state index contributed by atoms with van der Waals surface area (Å²) in [4.78, 5) is 35.6. The Morgan fingerprint density at radius 2 is 1.37 bits per heavy atom. The number of benzene rings is 5. The van der Waals surface area contributed by atoms with Gasteiger partial charge in [-0.2, -0.15) is 12.7 Å². The maximum Gasteiger partial charge on any atom is 0.409 e. The highest BCUT2D eigenvalue weighted by molar-refractivity contribution is 7.90. The minimum atomic E-state index is -4.31. The molecule has 0 atom stereocenters. The van der Waals surface area contributed by atoms with Gasteiger partial charge < -0.3 is 19.1 Å². The third-order valence-corrected chi connectivity index (χ3v) is 13.7. The number of anilines is 2. The average molecular weight is 933 g/mol. The molecule has 16 heteroatoms. The van der Waals surface area contributed by atoms with Gasteiger partial charge in [-0.25, -0.2) is 27.3 Å². The van der Waals surface area contributed by atoms with Crippen molar-refractivity contribution in [1.82, 2.24) is 18.8 Å². The third kappa shape index (κ3) is 8.86. The maximum atomic E-state index is 16.6. The van der Waals surface area contributed by atoms with Crippen LogP contribution < -0.4 is 9.62 Å².